The lowest BCUT2D eigenvalue weighted by molar-refractivity contribution is 0.672. The van der Waals surface area contributed by atoms with Gasteiger partial charge in [0.15, 0.2) is 8.07 Å². The number of fused-ring (bicyclic) bond motifs is 6. The van der Waals surface area contributed by atoms with Crippen molar-refractivity contribution in [1.29, 1.82) is 0 Å². The smallest absolute Gasteiger partial charge is 0.179 e. The fraction of sp³-hybridized carbons (Fsp3) is 0. The molecule has 0 amide bonds. The van der Waals surface area contributed by atoms with Crippen LogP contribution in [0.3, 0.4) is 0 Å². The predicted molar refractivity (Wildman–Crippen MR) is 252 cm³/mol. The fourth-order valence-electron chi connectivity index (χ4n) is 9.24. The van der Waals surface area contributed by atoms with Gasteiger partial charge in [0.05, 0.1) is 5.69 Å². The first-order valence-corrected chi connectivity index (χ1v) is 22.3. The molecule has 2 nitrogen and oxygen atoms in total. The summed E-state index contributed by atoms with van der Waals surface area (Å²) in [5, 5.41) is 12.4. The molecule has 0 saturated heterocycles. The summed E-state index contributed by atoms with van der Waals surface area (Å²) >= 11 is 0. The zero-order valence-corrected chi connectivity index (χ0v) is 33.4. The molecule has 278 valence electrons. The van der Waals surface area contributed by atoms with Gasteiger partial charge < -0.3 is 9.32 Å². The number of hydrogen-bond donors (Lipinski definition) is 0. The zero-order chi connectivity index (χ0) is 39.2. The van der Waals surface area contributed by atoms with E-state index < -0.39 is 8.07 Å². The zero-order valence-electron chi connectivity index (χ0n) is 32.4. The van der Waals surface area contributed by atoms with Gasteiger partial charge in [-0.15, -0.1) is 0 Å². The lowest BCUT2D eigenvalue weighted by Crippen LogP contribution is -2.74. The molecule has 0 fully saturated rings. The minimum atomic E-state index is -2.61. The number of para-hydroxylation sites is 1. The van der Waals surface area contributed by atoms with Crippen LogP contribution >= 0.6 is 0 Å². The van der Waals surface area contributed by atoms with E-state index in [0.717, 1.165) is 49.8 Å². The van der Waals surface area contributed by atoms with Gasteiger partial charge >= 0.3 is 0 Å². The maximum atomic E-state index is 6.54. The normalized spacial score (nSPS) is 11.7. The Hall–Kier alpha value is -7.46. The molecule has 10 aromatic carbocycles. The number of benzene rings is 10. The van der Waals surface area contributed by atoms with Crippen molar-refractivity contribution in [2.45, 2.75) is 0 Å². The lowest BCUT2D eigenvalue weighted by Gasteiger charge is -2.34. The van der Waals surface area contributed by atoms with Crippen LogP contribution in [-0.2, 0) is 0 Å². The Morgan fingerprint density at radius 1 is 0.322 bits per heavy atom. The van der Waals surface area contributed by atoms with E-state index in [1.807, 2.05) is 6.07 Å². The highest BCUT2D eigenvalue weighted by Crippen LogP contribution is 2.42. The van der Waals surface area contributed by atoms with Crippen molar-refractivity contribution in [2.75, 3.05) is 4.90 Å². The maximum absolute atomic E-state index is 6.54. The monoisotopic (exact) mass is 769 g/mol. The Kier molecular flexibility index (Phi) is 8.53. The number of hydrogen-bond acceptors (Lipinski definition) is 2. The van der Waals surface area contributed by atoms with Crippen molar-refractivity contribution < 1.29 is 4.42 Å². The lowest BCUT2D eigenvalue weighted by atomic mass is 10.0. The number of furan rings is 1. The number of anilines is 3. The van der Waals surface area contributed by atoms with Gasteiger partial charge in [-0.1, -0.05) is 194 Å². The molecule has 0 saturated carbocycles. The molecular weight excluding hydrogens is 731 g/mol. The SMILES string of the molecule is c1ccc([Si](c2ccccc2)(c2ccccc2)c2ccc(-c3ccc(N(c4ccc5ccc6c7ccccc7oc6c5c4)c4cccc5ccccc45)cc3)cc2)cc1. The first-order valence-electron chi connectivity index (χ1n) is 20.3. The summed E-state index contributed by atoms with van der Waals surface area (Å²) < 4.78 is 6.54. The minimum Gasteiger partial charge on any atom is -0.455 e. The summed E-state index contributed by atoms with van der Waals surface area (Å²) in [5.74, 6) is 0. The van der Waals surface area contributed by atoms with E-state index in [4.69, 9.17) is 4.42 Å². The third kappa shape index (κ3) is 5.86. The van der Waals surface area contributed by atoms with E-state index in [-0.39, 0.29) is 0 Å². The van der Waals surface area contributed by atoms with Crippen LogP contribution in [0.15, 0.2) is 241 Å². The Morgan fingerprint density at radius 2 is 0.814 bits per heavy atom. The van der Waals surface area contributed by atoms with E-state index in [2.05, 4.69) is 235 Å². The van der Waals surface area contributed by atoms with Gasteiger partial charge in [0.1, 0.15) is 11.2 Å². The van der Waals surface area contributed by atoms with Gasteiger partial charge in [0, 0.05) is 32.9 Å². The van der Waals surface area contributed by atoms with E-state index in [9.17, 15) is 0 Å². The second-order valence-corrected chi connectivity index (χ2v) is 19.1. The molecule has 0 spiro atoms. The van der Waals surface area contributed by atoms with Crippen LogP contribution in [0, 0.1) is 0 Å². The maximum Gasteiger partial charge on any atom is 0.179 e. The summed E-state index contributed by atoms with van der Waals surface area (Å²) in [7, 11) is -2.61. The van der Waals surface area contributed by atoms with Gasteiger partial charge in [0.25, 0.3) is 0 Å². The van der Waals surface area contributed by atoms with Gasteiger partial charge in [-0.2, -0.15) is 0 Å². The molecule has 3 heteroatoms. The van der Waals surface area contributed by atoms with Gasteiger partial charge in [-0.3, -0.25) is 0 Å². The summed E-state index contributed by atoms with van der Waals surface area (Å²) in [6.45, 7) is 0. The molecular formula is C56H39NOSi. The van der Waals surface area contributed by atoms with Crippen molar-refractivity contribution in [3.8, 4) is 11.1 Å². The third-order valence-corrected chi connectivity index (χ3v) is 16.8. The Bertz CT molecular complexity index is 3150. The van der Waals surface area contributed by atoms with Gasteiger partial charge in [-0.05, 0) is 85.1 Å². The summed E-state index contributed by atoms with van der Waals surface area (Å²) in [6, 6.07) is 86.4. The van der Waals surface area contributed by atoms with E-state index >= 15 is 0 Å². The van der Waals surface area contributed by atoms with Crippen molar-refractivity contribution in [2.24, 2.45) is 0 Å². The second kappa shape index (κ2) is 14.5. The first-order chi connectivity index (χ1) is 29.3. The van der Waals surface area contributed by atoms with Crippen molar-refractivity contribution in [3.63, 3.8) is 0 Å². The summed E-state index contributed by atoms with van der Waals surface area (Å²) in [5.41, 5.74) is 7.47. The quantitative estimate of drug-likeness (QED) is 0.113. The number of nitrogens with zero attached hydrogens (tertiary/aromatic N) is 1. The molecule has 0 N–H and O–H groups in total. The highest BCUT2D eigenvalue weighted by atomic mass is 28.3. The Morgan fingerprint density at radius 3 is 1.47 bits per heavy atom. The van der Waals surface area contributed by atoms with E-state index in [0.29, 0.717) is 0 Å². The molecule has 0 radical (unpaired) electrons. The average Bonchev–Trinajstić information content (AvgIpc) is 3.71. The Balaban J connectivity index is 1.03. The van der Waals surface area contributed by atoms with Crippen LogP contribution in [-0.4, -0.2) is 8.07 Å². The standard InChI is InChI=1S/C56H39NOSi/c1-4-17-46(18-5-1)59(47-19-6-2-7-20-47,48-21-8-3-9-22-48)49-36-30-41(31-37-49)40-27-33-44(34-28-40)57(54-25-14-16-42-15-10-11-23-50(42)54)45-35-29-43-32-38-52-51-24-12-13-26-55(51)58-56(52)53(43)39-45/h1-39H. The molecule has 11 aromatic rings. The predicted octanol–water partition coefficient (Wildman–Crippen LogP) is 12.4. The van der Waals surface area contributed by atoms with Gasteiger partial charge in [-0.25, -0.2) is 0 Å². The molecule has 1 aromatic heterocycles. The summed E-state index contributed by atoms with van der Waals surface area (Å²) in [6.07, 6.45) is 0. The Labute approximate surface area is 344 Å². The molecule has 1 heterocycles. The van der Waals surface area contributed by atoms with E-state index in [1.54, 1.807) is 0 Å². The van der Waals surface area contributed by atoms with Crippen LogP contribution in [0.5, 0.6) is 0 Å². The largest absolute Gasteiger partial charge is 0.455 e. The number of rotatable bonds is 8. The summed E-state index contributed by atoms with van der Waals surface area (Å²) in [4.78, 5) is 2.38. The van der Waals surface area contributed by atoms with E-state index in [1.165, 1.54) is 42.6 Å². The fourth-order valence-corrected chi connectivity index (χ4v) is 14.0. The molecule has 0 aliphatic rings. The van der Waals surface area contributed by atoms with Crippen LogP contribution in [0.25, 0.3) is 54.6 Å². The molecule has 0 bridgehead atoms. The van der Waals surface area contributed by atoms with Crippen molar-refractivity contribution in [3.05, 3.63) is 237 Å². The molecule has 59 heavy (non-hydrogen) atoms. The molecule has 0 unspecified atom stereocenters. The topological polar surface area (TPSA) is 16.4 Å². The molecule has 0 aliphatic heterocycles. The highest BCUT2D eigenvalue weighted by Gasteiger charge is 2.41. The van der Waals surface area contributed by atoms with Crippen LogP contribution in [0.4, 0.5) is 17.1 Å². The van der Waals surface area contributed by atoms with Crippen LogP contribution in [0.1, 0.15) is 0 Å². The minimum absolute atomic E-state index is 0.906. The third-order valence-electron chi connectivity index (χ3n) is 12.0. The second-order valence-electron chi connectivity index (χ2n) is 15.3. The van der Waals surface area contributed by atoms with Crippen molar-refractivity contribution >= 4 is 89.4 Å². The van der Waals surface area contributed by atoms with Crippen LogP contribution in [0.2, 0.25) is 0 Å². The molecule has 0 aliphatic carbocycles. The van der Waals surface area contributed by atoms with Crippen molar-refractivity contribution in [1.82, 2.24) is 0 Å². The van der Waals surface area contributed by atoms with Gasteiger partial charge in [0.2, 0.25) is 0 Å². The molecule has 0 atom stereocenters. The average molecular weight is 770 g/mol. The van der Waals surface area contributed by atoms with Crippen LogP contribution < -0.4 is 25.6 Å². The molecule has 11 rings (SSSR count). The first kappa shape index (κ1) is 34.8. The highest BCUT2D eigenvalue weighted by molar-refractivity contribution is 7.19.